The Bertz CT molecular complexity index is 382. The molecule has 1 N–H and O–H groups in total. The van der Waals surface area contributed by atoms with Crippen molar-refractivity contribution in [3.05, 3.63) is 34.7 Å². The molecule has 0 heterocycles. The van der Waals surface area contributed by atoms with Crippen LogP contribution in [0, 0.1) is 0 Å². The van der Waals surface area contributed by atoms with Crippen LogP contribution in [-0.2, 0) is 4.79 Å². The lowest BCUT2D eigenvalue weighted by atomic mass is 10.3. The zero-order valence-electron chi connectivity index (χ0n) is 7.77. The highest BCUT2D eigenvalue weighted by molar-refractivity contribution is 5.90. The largest absolute Gasteiger partial charge is 0.326 e. The van der Waals surface area contributed by atoms with Crippen molar-refractivity contribution in [1.82, 2.24) is 0 Å². The summed E-state index contributed by atoms with van der Waals surface area (Å²) in [4.78, 5) is 13.7. The molecule has 72 valence electrons. The van der Waals surface area contributed by atoms with Crippen molar-refractivity contribution in [3.63, 3.8) is 0 Å². The SMILES string of the molecule is CCC(=O)Nc1cccc(N=[N+]=[N-])c1. The number of benzene rings is 1. The van der Waals surface area contributed by atoms with Crippen molar-refractivity contribution < 1.29 is 4.79 Å². The molecule has 0 fully saturated rings. The number of carbonyl (C=O) groups excluding carboxylic acids is 1. The van der Waals surface area contributed by atoms with Crippen molar-refractivity contribution in [3.8, 4) is 0 Å². The summed E-state index contributed by atoms with van der Waals surface area (Å²) in [5.74, 6) is -0.0666. The summed E-state index contributed by atoms with van der Waals surface area (Å²) < 4.78 is 0. The van der Waals surface area contributed by atoms with Gasteiger partial charge in [0.2, 0.25) is 5.91 Å². The summed E-state index contributed by atoms with van der Waals surface area (Å²) in [6, 6.07) is 6.74. The first-order valence-electron chi connectivity index (χ1n) is 4.21. The second-order valence-corrected chi connectivity index (χ2v) is 2.64. The fraction of sp³-hybridized carbons (Fsp3) is 0.222. The van der Waals surface area contributed by atoms with E-state index in [0.29, 0.717) is 17.8 Å². The summed E-state index contributed by atoms with van der Waals surface area (Å²) in [5.41, 5.74) is 9.34. The van der Waals surface area contributed by atoms with Gasteiger partial charge in [0.15, 0.2) is 0 Å². The lowest BCUT2D eigenvalue weighted by Crippen LogP contribution is -2.08. The van der Waals surface area contributed by atoms with E-state index in [9.17, 15) is 4.79 Å². The van der Waals surface area contributed by atoms with Crippen molar-refractivity contribution in [2.45, 2.75) is 13.3 Å². The molecule has 0 unspecified atom stereocenters. The van der Waals surface area contributed by atoms with Crippen molar-refractivity contribution in [2.24, 2.45) is 5.11 Å². The molecule has 1 aromatic rings. The number of hydrogen-bond acceptors (Lipinski definition) is 2. The van der Waals surface area contributed by atoms with Crippen LogP contribution in [0.3, 0.4) is 0 Å². The smallest absolute Gasteiger partial charge is 0.224 e. The maximum atomic E-state index is 11.0. The van der Waals surface area contributed by atoms with Gasteiger partial charge in [0.1, 0.15) is 0 Å². The van der Waals surface area contributed by atoms with Gasteiger partial charge in [-0.05, 0) is 17.7 Å². The molecule has 0 aromatic heterocycles. The highest BCUT2D eigenvalue weighted by Gasteiger charge is 1.98. The Morgan fingerprint density at radius 1 is 1.64 bits per heavy atom. The maximum absolute atomic E-state index is 11.0. The number of hydrogen-bond donors (Lipinski definition) is 1. The molecule has 1 rings (SSSR count). The second-order valence-electron chi connectivity index (χ2n) is 2.64. The third kappa shape index (κ3) is 2.80. The number of rotatable bonds is 3. The van der Waals surface area contributed by atoms with E-state index >= 15 is 0 Å². The predicted molar refractivity (Wildman–Crippen MR) is 54.2 cm³/mol. The molecular formula is C9H10N4O. The molecule has 0 aliphatic rings. The molecule has 0 aliphatic carbocycles. The second kappa shape index (κ2) is 4.89. The molecule has 0 saturated heterocycles. The zero-order valence-corrected chi connectivity index (χ0v) is 7.77. The fourth-order valence-corrected chi connectivity index (χ4v) is 0.947. The molecule has 1 amide bonds. The van der Waals surface area contributed by atoms with Crippen molar-refractivity contribution >= 4 is 17.3 Å². The number of nitrogens with one attached hydrogen (secondary N) is 1. The van der Waals surface area contributed by atoms with Crippen molar-refractivity contribution in [1.29, 1.82) is 0 Å². The Hall–Kier alpha value is -2.00. The minimum Gasteiger partial charge on any atom is -0.326 e. The molecule has 0 radical (unpaired) electrons. The average molecular weight is 190 g/mol. The van der Waals surface area contributed by atoms with E-state index in [1.165, 1.54) is 0 Å². The highest BCUT2D eigenvalue weighted by atomic mass is 16.1. The van der Waals surface area contributed by atoms with Gasteiger partial charge in [-0.2, -0.15) is 0 Å². The minimum absolute atomic E-state index is 0.0666. The van der Waals surface area contributed by atoms with E-state index in [2.05, 4.69) is 15.3 Å². The normalized spacial score (nSPS) is 8.93. The fourth-order valence-electron chi connectivity index (χ4n) is 0.947. The van der Waals surface area contributed by atoms with E-state index in [0.717, 1.165) is 0 Å². The summed E-state index contributed by atoms with van der Waals surface area (Å²) in [5, 5.41) is 6.10. The molecule has 0 atom stereocenters. The Morgan fingerprint density at radius 3 is 3.07 bits per heavy atom. The number of nitrogens with zero attached hydrogens (tertiary/aromatic N) is 3. The Balaban J connectivity index is 2.83. The van der Waals surface area contributed by atoms with Crippen LogP contribution < -0.4 is 5.32 Å². The molecule has 0 aliphatic heterocycles. The molecule has 5 heteroatoms. The highest BCUT2D eigenvalue weighted by Crippen LogP contribution is 2.17. The quantitative estimate of drug-likeness (QED) is 0.444. The van der Waals surface area contributed by atoms with E-state index in [1.807, 2.05) is 0 Å². The molecule has 0 saturated carbocycles. The molecule has 1 aromatic carbocycles. The summed E-state index contributed by atoms with van der Waals surface area (Å²) in [6.45, 7) is 1.77. The van der Waals surface area contributed by atoms with E-state index < -0.39 is 0 Å². The van der Waals surface area contributed by atoms with Gasteiger partial charge in [0.05, 0.1) is 0 Å². The van der Waals surface area contributed by atoms with E-state index in [4.69, 9.17) is 5.53 Å². The van der Waals surface area contributed by atoms with Crippen LogP contribution >= 0.6 is 0 Å². The van der Waals surface area contributed by atoms with Gasteiger partial charge in [-0.3, -0.25) is 4.79 Å². The van der Waals surface area contributed by atoms with E-state index in [1.54, 1.807) is 31.2 Å². The average Bonchev–Trinajstić information content (AvgIpc) is 2.19. The minimum atomic E-state index is -0.0666. The first-order chi connectivity index (χ1) is 6.76. The Kier molecular flexibility index (Phi) is 3.52. The monoisotopic (exact) mass is 190 g/mol. The van der Waals surface area contributed by atoms with Gasteiger partial charge in [0.25, 0.3) is 0 Å². The zero-order chi connectivity index (χ0) is 10.4. The number of azide groups is 1. The van der Waals surface area contributed by atoms with Gasteiger partial charge in [-0.1, -0.05) is 24.2 Å². The van der Waals surface area contributed by atoms with Gasteiger partial charge in [-0.25, -0.2) is 0 Å². The van der Waals surface area contributed by atoms with Crippen LogP contribution in [0.4, 0.5) is 11.4 Å². The van der Waals surface area contributed by atoms with Crippen LogP contribution in [-0.4, -0.2) is 5.91 Å². The van der Waals surface area contributed by atoms with Gasteiger partial charge >= 0.3 is 0 Å². The predicted octanol–water partition coefficient (Wildman–Crippen LogP) is 2.98. The lowest BCUT2D eigenvalue weighted by Gasteiger charge is -2.03. The molecule has 0 bridgehead atoms. The van der Waals surface area contributed by atoms with E-state index in [-0.39, 0.29) is 5.91 Å². The van der Waals surface area contributed by atoms with Crippen molar-refractivity contribution in [2.75, 3.05) is 5.32 Å². The van der Waals surface area contributed by atoms with Crippen LogP contribution in [0.2, 0.25) is 0 Å². The topological polar surface area (TPSA) is 77.9 Å². The summed E-state index contributed by atoms with van der Waals surface area (Å²) in [6.07, 6.45) is 0.422. The first kappa shape index (κ1) is 10.1. The first-order valence-corrected chi connectivity index (χ1v) is 4.21. The summed E-state index contributed by atoms with van der Waals surface area (Å²) >= 11 is 0. The number of amides is 1. The van der Waals surface area contributed by atoms with Crippen LogP contribution in [0.25, 0.3) is 10.4 Å². The molecule has 5 nitrogen and oxygen atoms in total. The van der Waals surface area contributed by atoms with Gasteiger partial charge in [-0.15, -0.1) is 0 Å². The third-order valence-corrected chi connectivity index (χ3v) is 1.61. The van der Waals surface area contributed by atoms with Gasteiger partial charge < -0.3 is 5.32 Å². The third-order valence-electron chi connectivity index (χ3n) is 1.61. The summed E-state index contributed by atoms with van der Waals surface area (Å²) in [7, 11) is 0. The molecule has 14 heavy (non-hydrogen) atoms. The molecular weight excluding hydrogens is 180 g/mol. The Labute approximate surface area is 81.4 Å². The number of anilines is 1. The van der Waals surface area contributed by atoms with Crippen LogP contribution in [0.1, 0.15) is 13.3 Å². The standard InChI is InChI=1S/C9H10N4O/c1-2-9(14)11-7-4-3-5-8(6-7)12-13-10/h3-6H,2H2,1H3,(H,11,14). The van der Waals surface area contributed by atoms with Crippen LogP contribution in [0.15, 0.2) is 29.4 Å². The lowest BCUT2D eigenvalue weighted by molar-refractivity contribution is -0.115. The van der Waals surface area contributed by atoms with Gasteiger partial charge in [0, 0.05) is 22.7 Å². The van der Waals surface area contributed by atoms with Crippen LogP contribution in [0.5, 0.6) is 0 Å². The maximum Gasteiger partial charge on any atom is 0.224 e. The molecule has 0 spiro atoms. The Morgan fingerprint density at radius 2 is 2.43 bits per heavy atom. The number of carbonyl (C=O) groups is 1.